The predicted octanol–water partition coefficient (Wildman–Crippen LogP) is 4.66. The summed E-state index contributed by atoms with van der Waals surface area (Å²) in [6.07, 6.45) is 6.88. The highest BCUT2D eigenvalue weighted by atomic mass is 16.5. The van der Waals surface area contributed by atoms with E-state index in [0.29, 0.717) is 47.0 Å². The van der Waals surface area contributed by atoms with E-state index in [9.17, 15) is 9.59 Å². The number of guanidine groups is 1. The number of nitrogen functional groups attached to an aromatic ring is 1. The number of carbonyl (C=O) groups excluding carboxylic acids is 2. The maximum atomic E-state index is 14.2. The van der Waals surface area contributed by atoms with Gasteiger partial charge >= 0.3 is 0 Å². The molecule has 2 aliphatic rings. The topological polar surface area (TPSA) is 179 Å². The van der Waals surface area contributed by atoms with E-state index in [1.807, 2.05) is 71.0 Å². The van der Waals surface area contributed by atoms with Gasteiger partial charge in [-0.15, -0.1) is 0 Å². The molecule has 2 heterocycles. The number of fused-ring (bicyclic) bond motifs is 1. The molecule has 0 bridgehead atoms. The summed E-state index contributed by atoms with van der Waals surface area (Å²) >= 11 is 0. The third-order valence-corrected chi connectivity index (χ3v) is 9.49. The van der Waals surface area contributed by atoms with Gasteiger partial charge < -0.3 is 35.9 Å². The molecule has 1 saturated heterocycles. The molecule has 256 valence electrons. The first-order valence-electron chi connectivity index (χ1n) is 17.0. The van der Waals surface area contributed by atoms with Crippen LogP contribution in [0.15, 0.2) is 66.7 Å². The lowest BCUT2D eigenvalue weighted by Gasteiger charge is -2.32. The Labute approximate surface area is 286 Å². The molecule has 12 heteroatoms. The largest absolute Gasteiger partial charge is 0.490 e. The number of nitrogens with two attached hydrogens (primary N) is 2. The van der Waals surface area contributed by atoms with E-state index < -0.39 is 0 Å². The van der Waals surface area contributed by atoms with Crippen LogP contribution in [-0.4, -0.2) is 63.3 Å². The molecule has 4 aromatic rings. The number of amidine groups is 1. The lowest BCUT2D eigenvalue weighted by molar-refractivity contribution is -0.122. The number of ether oxygens (including phenoxy) is 1. The average Bonchev–Trinajstić information content (AvgIpc) is 3.44. The van der Waals surface area contributed by atoms with Gasteiger partial charge in [-0.2, -0.15) is 0 Å². The van der Waals surface area contributed by atoms with E-state index in [0.717, 1.165) is 49.6 Å². The normalized spacial score (nSPS) is 15.6. The van der Waals surface area contributed by atoms with E-state index in [1.165, 1.54) is 6.42 Å². The number of anilines is 1. The van der Waals surface area contributed by atoms with Crippen LogP contribution >= 0.6 is 0 Å². The molecular weight excluding hydrogens is 618 g/mol. The summed E-state index contributed by atoms with van der Waals surface area (Å²) in [6.45, 7) is 3.46. The fourth-order valence-electron chi connectivity index (χ4n) is 6.69. The second-order valence-electron chi connectivity index (χ2n) is 13.1. The average molecular weight is 664 g/mol. The maximum absolute atomic E-state index is 14.2. The maximum Gasteiger partial charge on any atom is 0.258 e. The summed E-state index contributed by atoms with van der Waals surface area (Å²) in [5, 5.41) is 18.8. The third kappa shape index (κ3) is 8.02. The Balaban J connectivity index is 1.30. The fourth-order valence-corrected chi connectivity index (χ4v) is 6.69. The molecule has 12 nitrogen and oxygen atoms in total. The third-order valence-electron chi connectivity index (χ3n) is 9.49. The zero-order valence-electron chi connectivity index (χ0n) is 28.0. The summed E-state index contributed by atoms with van der Waals surface area (Å²) in [6, 6.07) is 20.4. The van der Waals surface area contributed by atoms with Gasteiger partial charge in [0.1, 0.15) is 30.1 Å². The van der Waals surface area contributed by atoms with Crippen LogP contribution in [-0.2, 0) is 17.9 Å². The Morgan fingerprint density at radius 1 is 0.918 bits per heavy atom. The summed E-state index contributed by atoms with van der Waals surface area (Å²) < 4.78 is 8.12. The van der Waals surface area contributed by atoms with Gasteiger partial charge in [0.15, 0.2) is 5.96 Å². The van der Waals surface area contributed by atoms with Gasteiger partial charge in [-0.05, 0) is 74.4 Å². The number of piperidine rings is 1. The molecule has 1 aromatic heterocycles. The Morgan fingerprint density at radius 3 is 2.24 bits per heavy atom. The van der Waals surface area contributed by atoms with E-state index in [-0.39, 0.29) is 48.8 Å². The summed E-state index contributed by atoms with van der Waals surface area (Å²) in [5.74, 6) is 0.925. The van der Waals surface area contributed by atoms with Crippen molar-refractivity contribution < 1.29 is 14.3 Å². The number of amides is 2. The second-order valence-corrected chi connectivity index (χ2v) is 13.1. The number of likely N-dealkylation sites (tertiary alicyclic amines) is 1. The van der Waals surface area contributed by atoms with Crippen LogP contribution in [0.5, 0.6) is 5.75 Å². The number of hydrogen-bond donors (Lipinski definition) is 5. The molecule has 3 aromatic carbocycles. The van der Waals surface area contributed by atoms with Crippen molar-refractivity contribution in [3.63, 3.8) is 0 Å². The van der Waals surface area contributed by atoms with Crippen molar-refractivity contribution in [1.29, 1.82) is 10.8 Å². The molecule has 0 radical (unpaired) electrons. The van der Waals surface area contributed by atoms with E-state index in [1.54, 1.807) is 17.0 Å². The summed E-state index contributed by atoms with van der Waals surface area (Å²) in [4.78, 5) is 36.0. The molecule has 1 saturated carbocycles. The quantitative estimate of drug-likeness (QED) is 0.121. The minimum atomic E-state index is -0.208. The number of rotatable bonds is 10. The summed E-state index contributed by atoms with van der Waals surface area (Å²) in [5.41, 5.74) is 15.5. The summed E-state index contributed by atoms with van der Waals surface area (Å²) in [7, 11) is 0. The molecule has 0 spiro atoms. The number of imidazole rings is 1. The molecular formula is C37H45N9O3. The SMILES string of the molecule is Cc1ccc(C(=O)N(Cc2nc3cc(C(=N)N)ccc3n2CC(=O)NC2CCCCC2)c2ccc(OC3CCN(C(=N)N)CC3)cc2)cc1. The van der Waals surface area contributed by atoms with Gasteiger partial charge in [-0.25, -0.2) is 4.98 Å². The minimum Gasteiger partial charge on any atom is -0.490 e. The highest BCUT2D eigenvalue weighted by Gasteiger charge is 2.25. The Hall–Kier alpha value is -5.39. The van der Waals surface area contributed by atoms with Crippen LogP contribution in [0.1, 0.15) is 72.3 Å². The van der Waals surface area contributed by atoms with Crippen LogP contribution < -0.4 is 26.4 Å². The van der Waals surface area contributed by atoms with Crippen LogP contribution in [0.25, 0.3) is 11.0 Å². The monoisotopic (exact) mass is 663 g/mol. The second kappa shape index (κ2) is 14.8. The predicted molar refractivity (Wildman–Crippen MR) is 191 cm³/mol. The molecule has 0 atom stereocenters. The van der Waals surface area contributed by atoms with E-state index in [2.05, 4.69) is 5.32 Å². The number of nitrogens with one attached hydrogen (secondary N) is 3. The lowest BCUT2D eigenvalue weighted by Crippen LogP contribution is -2.44. The Bertz CT molecular complexity index is 1820. The van der Waals surface area contributed by atoms with Crippen molar-refractivity contribution in [1.82, 2.24) is 19.8 Å². The molecule has 7 N–H and O–H groups in total. The number of hydrogen-bond acceptors (Lipinski definition) is 6. The number of nitrogens with zero attached hydrogens (tertiary/aromatic N) is 4. The molecule has 1 aliphatic carbocycles. The first-order valence-corrected chi connectivity index (χ1v) is 17.0. The molecule has 49 heavy (non-hydrogen) atoms. The smallest absolute Gasteiger partial charge is 0.258 e. The number of benzene rings is 3. The molecule has 2 fully saturated rings. The number of aromatic nitrogens is 2. The van der Waals surface area contributed by atoms with Gasteiger partial charge in [0.05, 0.1) is 17.6 Å². The van der Waals surface area contributed by atoms with Crippen LogP contribution in [0, 0.1) is 17.7 Å². The molecule has 2 amide bonds. The van der Waals surface area contributed by atoms with Gasteiger partial charge in [-0.3, -0.25) is 20.4 Å². The first kappa shape index (κ1) is 33.5. The number of aryl methyl sites for hydroxylation is 1. The van der Waals surface area contributed by atoms with Crippen LogP contribution in [0.4, 0.5) is 5.69 Å². The van der Waals surface area contributed by atoms with Crippen molar-refractivity contribution in [2.24, 2.45) is 11.5 Å². The van der Waals surface area contributed by atoms with Crippen molar-refractivity contribution in [2.75, 3.05) is 18.0 Å². The van der Waals surface area contributed by atoms with Crippen molar-refractivity contribution in [2.45, 2.75) is 77.1 Å². The molecule has 6 rings (SSSR count). The van der Waals surface area contributed by atoms with Gasteiger partial charge in [-0.1, -0.05) is 37.0 Å². The Morgan fingerprint density at radius 2 is 1.59 bits per heavy atom. The van der Waals surface area contributed by atoms with Gasteiger partial charge in [0.25, 0.3) is 5.91 Å². The number of carbonyl (C=O) groups is 2. The van der Waals surface area contributed by atoms with Crippen molar-refractivity contribution in [3.8, 4) is 5.75 Å². The van der Waals surface area contributed by atoms with Crippen molar-refractivity contribution >= 4 is 40.3 Å². The van der Waals surface area contributed by atoms with Crippen LogP contribution in [0.2, 0.25) is 0 Å². The lowest BCUT2D eigenvalue weighted by atomic mass is 9.95. The van der Waals surface area contributed by atoms with E-state index >= 15 is 0 Å². The zero-order chi connectivity index (χ0) is 34.5. The highest BCUT2D eigenvalue weighted by molar-refractivity contribution is 6.06. The van der Waals surface area contributed by atoms with Crippen LogP contribution in [0.3, 0.4) is 0 Å². The van der Waals surface area contributed by atoms with Gasteiger partial charge in [0, 0.05) is 48.8 Å². The fraction of sp³-hybridized carbons (Fsp3) is 0.378. The van der Waals surface area contributed by atoms with Gasteiger partial charge in [0.2, 0.25) is 5.91 Å². The Kier molecular flexibility index (Phi) is 10.1. The molecule has 1 aliphatic heterocycles. The first-order chi connectivity index (χ1) is 23.6. The minimum absolute atomic E-state index is 0.00583. The standard InChI is InChI=1S/C37H45N9O3/c1-24-7-9-25(10-8-24)36(48)45(28-12-14-29(15-13-28)49-30-17-19-44(20-18-30)37(40)41)22-33-43-31-21-26(35(38)39)11-16-32(31)46(33)23-34(47)42-27-5-3-2-4-6-27/h7-16,21,27,30H,2-6,17-20,22-23H2,1H3,(H3,38,39)(H3,40,41)(H,42,47). The highest BCUT2D eigenvalue weighted by Crippen LogP contribution is 2.27. The van der Waals surface area contributed by atoms with Crippen molar-refractivity contribution in [3.05, 3.63) is 89.2 Å². The van der Waals surface area contributed by atoms with E-state index in [4.69, 9.17) is 32.0 Å². The zero-order valence-corrected chi connectivity index (χ0v) is 28.0. The molecule has 0 unspecified atom stereocenters.